The minimum atomic E-state index is -3.87. The summed E-state index contributed by atoms with van der Waals surface area (Å²) in [5.74, 6) is 0.723. The van der Waals surface area contributed by atoms with Gasteiger partial charge in [-0.25, -0.2) is 8.42 Å². The highest BCUT2D eigenvalue weighted by atomic mass is 32.2. The summed E-state index contributed by atoms with van der Waals surface area (Å²) in [5, 5.41) is 2.84. The molecular weight excluding hydrogens is 410 g/mol. The first-order valence-corrected chi connectivity index (χ1v) is 11.1. The Labute approximate surface area is 175 Å². The standard InChI is InChI=1S/C20H23N3O6S/c24-20(21-6-7-23-8-10-27-11-9-23)15-2-1-3-17(12-15)30(25,26)22-16-4-5-18-19(13-16)29-14-28-18/h1-5,12-13,22H,6-11,14H2,(H,21,24). The zero-order valence-corrected chi connectivity index (χ0v) is 17.1. The van der Waals surface area contributed by atoms with Crippen LogP contribution >= 0.6 is 0 Å². The van der Waals surface area contributed by atoms with Crippen LogP contribution in [0.1, 0.15) is 10.4 Å². The summed E-state index contributed by atoms with van der Waals surface area (Å²) >= 11 is 0. The molecule has 0 bridgehead atoms. The van der Waals surface area contributed by atoms with Crippen LogP contribution < -0.4 is 19.5 Å². The second kappa shape index (κ2) is 8.90. The van der Waals surface area contributed by atoms with E-state index < -0.39 is 10.0 Å². The third kappa shape index (κ3) is 4.84. The Morgan fingerprint density at radius 1 is 1.03 bits per heavy atom. The smallest absolute Gasteiger partial charge is 0.261 e. The number of hydrogen-bond acceptors (Lipinski definition) is 7. The lowest BCUT2D eigenvalue weighted by Crippen LogP contribution is -2.41. The lowest BCUT2D eigenvalue weighted by Gasteiger charge is -2.26. The molecule has 2 N–H and O–H groups in total. The van der Waals surface area contributed by atoms with Crippen LogP contribution in [0.3, 0.4) is 0 Å². The van der Waals surface area contributed by atoms with Crippen LogP contribution in [0.4, 0.5) is 5.69 Å². The molecule has 1 amide bonds. The number of rotatable bonds is 7. The van der Waals surface area contributed by atoms with Gasteiger partial charge in [-0.1, -0.05) is 6.07 Å². The number of sulfonamides is 1. The van der Waals surface area contributed by atoms with Crippen molar-refractivity contribution >= 4 is 21.6 Å². The molecule has 2 aromatic carbocycles. The van der Waals surface area contributed by atoms with Crippen molar-refractivity contribution in [1.29, 1.82) is 0 Å². The molecule has 2 heterocycles. The minimum Gasteiger partial charge on any atom is -0.454 e. The van der Waals surface area contributed by atoms with Crippen molar-refractivity contribution in [2.24, 2.45) is 0 Å². The number of carbonyl (C=O) groups excluding carboxylic acids is 1. The maximum atomic E-state index is 12.8. The molecule has 0 atom stereocenters. The highest BCUT2D eigenvalue weighted by Gasteiger charge is 2.19. The summed E-state index contributed by atoms with van der Waals surface area (Å²) in [6.45, 7) is 4.39. The highest BCUT2D eigenvalue weighted by molar-refractivity contribution is 7.92. The predicted octanol–water partition coefficient (Wildman–Crippen LogP) is 1.28. The zero-order valence-electron chi connectivity index (χ0n) is 16.3. The first kappa shape index (κ1) is 20.5. The average Bonchev–Trinajstić information content (AvgIpc) is 3.22. The van der Waals surface area contributed by atoms with E-state index in [0.29, 0.717) is 36.9 Å². The normalized spacial score (nSPS) is 16.3. The second-order valence-electron chi connectivity index (χ2n) is 6.91. The summed E-state index contributed by atoms with van der Waals surface area (Å²) < 4.78 is 43.8. The number of anilines is 1. The number of hydrogen-bond donors (Lipinski definition) is 2. The van der Waals surface area contributed by atoms with E-state index in [1.165, 1.54) is 12.1 Å². The van der Waals surface area contributed by atoms with Gasteiger partial charge in [0.1, 0.15) is 0 Å². The quantitative estimate of drug-likeness (QED) is 0.677. The van der Waals surface area contributed by atoms with E-state index in [4.69, 9.17) is 14.2 Å². The number of fused-ring (bicyclic) bond motifs is 1. The molecule has 0 saturated carbocycles. The molecule has 1 saturated heterocycles. The summed E-state index contributed by atoms with van der Waals surface area (Å²) in [6.07, 6.45) is 0. The average molecular weight is 433 g/mol. The van der Waals surface area contributed by atoms with Crippen molar-refractivity contribution in [1.82, 2.24) is 10.2 Å². The van der Waals surface area contributed by atoms with Crippen molar-refractivity contribution < 1.29 is 27.4 Å². The van der Waals surface area contributed by atoms with Crippen LogP contribution in [0.2, 0.25) is 0 Å². The summed E-state index contributed by atoms with van der Waals surface area (Å²) in [4.78, 5) is 14.7. The van der Waals surface area contributed by atoms with Crippen LogP contribution in [0, 0.1) is 0 Å². The van der Waals surface area contributed by atoms with Gasteiger partial charge >= 0.3 is 0 Å². The van der Waals surface area contributed by atoms with Gasteiger partial charge in [0.05, 0.1) is 23.8 Å². The first-order valence-electron chi connectivity index (χ1n) is 9.62. The SMILES string of the molecule is O=C(NCCN1CCOCC1)c1cccc(S(=O)(=O)Nc2ccc3c(c2)OCO3)c1. The molecule has 9 nitrogen and oxygen atoms in total. The van der Waals surface area contributed by atoms with Crippen molar-refractivity contribution in [2.45, 2.75) is 4.90 Å². The van der Waals surface area contributed by atoms with E-state index in [1.54, 1.807) is 30.3 Å². The van der Waals surface area contributed by atoms with Crippen LogP contribution in [-0.2, 0) is 14.8 Å². The molecule has 0 aliphatic carbocycles. The van der Waals surface area contributed by atoms with E-state index in [-0.39, 0.29) is 23.2 Å². The summed E-state index contributed by atoms with van der Waals surface area (Å²) in [6, 6.07) is 10.7. The largest absolute Gasteiger partial charge is 0.454 e. The molecule has 4 rings (SSSR count). The van der Waals surface area contributed by atoms with Gasteiger partial charge in [0, 0.05) is 37.8 Å². The molecule has 2 aliphatic heterocycles. The molecular formula is C20H23N3O6S. The number of nitrogens with zero attached hydrogens (tertiary/aromatic N) is 1. The molecule has 0 unspecified atom stereocenters. The van der Waals surface area contributed by atoms with Crippen LogP contribution in [-0.4, -0.2) is 65.4 Å². The van der Waals surface area contributed by atoms with Crippen LogP contribution in [0.5, 0.6) is 11.5 Å². The Hall–Kier alpha value is -2.82. The number of morpholine rings is 1. The fourth-order valence-electron chi connectivity index (χ4n) is 3.23. The van der Waals surface area contributed by atoms with Crippen molar-refractivity contribution in [2.75, 3.05) is 50.9 Å². The third-order valence-corrected chi connectivity index (χ3v) is 6.23. The van der Waals surface area contributed by atoms with E-state index >= 15 is 0 Å². The molecule has 160 valence electrons. The lowest BCUT2D eigenvalue weighted by molar-refractivity contribution is 0.0383. The number of benzene rings is 2. The van der Waals surface area contributed by atoms with Gasteiger partial charge in [-0.3, -0.25) is 14.4 Å². The predicted molar refractivity (Wildman–Crippen MR) is 109 cm³/mol. The van der Waals surface area contributed by atoms with E-state index in [2.05, 4.69) is 14.9 Å². The van der Waals surface area contributed by atoms with Gasteiger partial charge < -0.3 is 19.5 Å². The zero-order chi connectivity index (χ0) is 21.0. The molecule has 2 aromatic rings. The molecule has 2 aliphatic rings. The molecule has 10 heteroatoms. The van der Waals surface area contributed by atoms with Gasteiger partial charge in [0.2, 0.25) is 6.79 Å². The molecule has 0 aromatic heterocycles. The lowest BCUT2D eigenvalue weighted by atomic mass is 10.2. The number of ether oxygens (including phenoxy) is 3. The van der Waals surface area contributed by atoms with Crippen molar-refractivity contribution in [3.05, 3.63) is 48.0 Å². The Balaban J connectivity index is 1.39. The number of amides is 1. The molecule has 1 fully saturated rings. The topological polar surface area (TPSA) is 106 Å². The molecule has 0 radical (unpaired) electrons. The summed E-state index contributed by atoms with van der Waals surface area (Å²) in [5.41, 5.74) is 0.630. The van der Waals surface area contributed by atoms with Gasteiger partial charge in [-0.05, 0) is 30.3 Å². The van der Waals surface area contributed by atoms with Crippen molar-refractivity contribution in [3.8, 4) is 11.5 Å². The van der Waals surface area contributed by atoms with E-state index in [1.807, 2.05) is 0 Å². The van der Waals surface area contributed by atoms with E-state index in [0.717, 1.165) is 19.6 Å². The Kier molecular flexibility index (Phi) is 6.07. The van der Waals surface area contributed by atoms with Crippen LogP contribution in [0.25, 0.3) is 0 Å². The molecule has 0 spiro atoms. The third-order valence-electron chi connectivity index (χ3n) is 4.85. The van der Waals surface area contributed by atoms with Gasteiger partial charge in [-0.15, -0.1) is 0 Å². The van der Waals surface area contributed by atoms with E-state index in [9.17, 15) is 13.2 Å². The Morgan fingerprint density at radius 2 is 1.83 bits per heavy atom. The molecule has 30 heavy (non-hydrogen) atoms. The van der Waals surface area contributed by atoms with Gasteiger partial charge in [-0.2, -0.15) is 0 Å². The fraction of sp³-hybridized carbons (Fsp3) is 0.350. The Bertz CT molecular complexity index is 1020. The minimum absolute atomic E-state index is 0.000922. The maximum absolute atomic E-state index is 12.8. The van der Waals surface area contributed by atoms with Gasteiger partial charge in [0.15, 0.2) is 11.5 Å². The maximum Gasteiger partial charge on any atom is 0.261 e. The van der Waals surface area contributed by atoms with Gasteiger partial charge in [0.25, 0.3) is 15.9 Å². The summed E-state index contributed by atoms with van der Waals surface area (Å²) in [7, 11) is -3.87. The highest BCUT2D eigenvalue weighted by Crippen LogP contribution is 2.34. The monoisotopic (exact) mass is 433 g/mol. The van der Waals surface area contributed by atoms with Crippen LogP contribution in [0.15, 0.2) is 47.4 Å². The number of carbonyl (C=O) groups is 1. The number of nitrogens with one attached hydrogen (secondary N) is 2. The second-order valence-corrected chi connectivity index (χ2v) is 8.59. The Morgan fingerprint density at radius 3 is 2.67 bits per heavy atom. The van der Waals surface area contributed by atoms with Crippen molar-refractivity contribution in [3.63, 3.8) is 0 Å². The first-order chi connectivity index (χ1) is 14.5. The fourth-order valence-corrected chi connectivity index (χ4v) is 4.33.